The Labute approximate surface area is 116 Å². The summed E-state index contributed by atoms with van der Waals surface area (Å²) in [5.41, 5.74) is 0.764. The van der Waals surface area contributed by atoms with Gasteiger partial charge in [0.1, 0.15) is 6.10 Å². The molecule has 0 unspecified atom stereocenters. The van der Waals surface area contributed by atoms with E-state index in [1.807, 2.05) is 6.07 Å². The number of hydrogen-bond acceptors (Lipinski definition) is 4. The van der Waals surface area contributed by atoms with Crippen molar-refractivity contribution in [3.05, 3.63) is 35.9 Å². The molecule has 1 N–H and O–H groups in total. The lowest BCUT2D eigenvalue weighted by atomic mass is 9.99. The number of benzene rings is 1. The summed E-state index contributed by atoms with van der Waals surface area (Å²) in [4.78, 5) is 0. The van der Waals surface area contributed by atoms with Crippen molar-refractivity contribution in [2.24, 2.45) is 0 Å². The molecule has 6 heteroatoms. The van der Waals surface area contributed by atoms with Gasteiger partial charge in [-0.3, -0.25) is 0 Å². The van der Waals surface area contributed by atoms with E-state index in [0.717, 1.165) is 12.7 Å². The molecule has 0 aromatic heterocycles. The van der Waals surface area contributed by atoms with Crippen LogP contribution in [-0.2, 0) is 20.8 Å². The van der Waals surface area contributed by atoms with Crippen molar-refractivity contribution in [2.75, 3.05) is 7.11 Å². The summed E-state index contributed by atoms with van der Waals surface area (Å²) in [6, 6.07) is 8.96. The molecule has 0 saturated carbocycles. The van der Waals surface area contributed by atoms with Gasteiger partial charge in [-0.2, -0.15) is 8.78 Å². The molecule has 4 atom stereocenters. The van der Waals surface area contributed by atoms with Crippen LogP contribution in [-0.4, -0.2) is 42.7 Å². The van der Waals surface area contributed by atoms with Crippen LogP contribution in [0.5, 0.6) is 0 Å². The Morgan fingerprint density at radius 2 is 1.95 bits per heavy atom. The van der Waals surface area contributed by atoms with Gasteiger partial charge in [-0.1, -0.05) is 30.3 Å². The average Bonchev–Trinajstić information content (AvgIpc) is 2.43. The summed E-state index contributed by atoms with van der Waals surface area (Å²) in [7, 11) is 1.13. The third kappa shape index (κ3) is 2.98. The molecule has 1 aliphatic rings. The number of alkyl halides is 2. The average molecular weight is 288 g/mol. The van der Waals surface area contributed by atoms with E-state index in [-0.39, 0.29) is 6.61 Å². The highest BCUT2D eigenvalue weighted by Gasteiger charge is 2.58. The van der Waals surface area contributed by atoms with Crippen LogP contribution in [0, 0.1) is 0 Å². The summed E-state index contributed by atoms with van der Waals surface area (Å²) in [5.74, 6) is -3.42. The molecule has 1 aliphatic heterocycles. The molecular weight excluding hydrogens is 270 g/mol. The normalized spacial score (nSPS) is 33.0. The van der Waals surface area contributed by atoms with Crippen molar-refractivity contribution >= 4 is 0 Å². The van der Waals surface area contributed by atoms with E-state index < -0.39 is 30.5 Å². The van der Waals surface area contributed by atoms with Crippen molar-refractivity contribution in [1.29, 1.82) is 0 Å². The zero-order valence-corrected chi connectivity index (χ0v) is 11.3. The summed E-state index contributed by atoms with van der Waals surface area (Å²) >= 11 is 0. The Bertz CT molecular complexity index is 426. The quantitative estimate of drug-likeness (QED) is 0.920. The second-order valence-electron chi connectivity index (χ2n) is 4.79. The zero-order valence-electron chi connectivity index (χ0n) is 11.3. The number of aliphatic hydroxyl groups excluding tert-OH is 1. The van der Waals surface area contributed by atoms with Crippen LogP contribution >= 0.6 is 0 Å². The van der Waals surface area contributed by atoms with E-state index in [0.29, 0.717) is 0 Å². The van der Waals surface area contributed by atoms with Gasteiger partial charge in [0, 0.05) is 7.11 Å². The number of halogens is 2. The van der Waals surface area contributed by atoms with Gasteiger partial charge >= 0.3 is 5.92 Å². The third-order valence-electron chi connectivity index (χ3n) is 3.32. The van der Waals surface area contributed by atoms with Crippen LogP contribution in [0.2, 0.25) is 0 Å². The summed E-state index contributed by atoms with van der Waals surface area (Å²) < 4.78 is 43.2. The highest BCUT2D eigenvalue weighted by molar-refractivity contribution is 5.13. The SMILES string of the molecule is CO[C@@H]1[C@@H](O)[C@H](C)O[C@@H](OCc2ccccc2)C1(F)F. The Morgan fingerprint density at radius 1 is 1.30 bits per heavy atom. The molecule has 0 aliphatic carbocycles. The molecule has 1 aromatic rings. The van der Waals surface area contributed by atoms with Gasteiger partial charge in [-0.05, 0) is 12.5 Å². The highest BCUT2D eigenvalue weighted by atomic mass is 19.3. The fraction of sp³-hybridized carbons (Fsp3) is 0.571. The molecule has 0 amide bonds. The molecule has 0 bridgehead atoms. The minimum atomic E-state index is -3.42. The molecule has 1 aromatic carbocycles. The van der Waals surface area contributed by atoms with E-state index in [9.17, 15) is 13.9 Å². The van der Waals surface area contributed by atoms with Crippen LogP contribution in [0.15, 0.2) is 30.3 Å². The van der Waals surface area contributed by atoms with Crippen molar-refractivity contribution in [3.8, 4) is 0 Å². The molecule has 20 heavy (non-hydrogen) atoms. The molecular formula is C14H18F2O4. The summed E-state index contributed by atoms with van der Waals surface area (Å²) in [6.07, 6.45) is -5.58. The number of aliphatic hydroxyl groups is 1. The highest BCUT2D eigenvalue weighted by Crippen LogP contribution is 2.37. The minimum absolute atomic E-state index is 0.000343. The minimum Gasteiger partial charge on any atom is -0.387 e. The molecule has 4 nitrogen and oxygen atoms in total. The first-order valence-corrected chi connectivity index (χ1v) is 6.36. The number of hydrogen-bond donors (Lipinski definition) is 1. The lowest BCUT2D eigenvalue weighted by Crippen LogP contribution is -2.62. The van der Waals surface area contributed by atoms with Gasteiger partial charge in [-0.25, -0.2) is 0 Å². The van der Waals surface area contributed by atoms with Crippen LogP contribution < -0.4 is 0 Å². The van der Waals surface area contributed by atoms with E-state index in [2.05, 4.69) is 0 Å². The van der Waals surface area contributed by atoms with Crippen LogP contribution in [0.4, 0.5) is 8.78 Å². The third-order valence-corrected chi connectivity index (χ3v) is 3.32. The molecule has 1 heterocycles. The predicted octanol–water partition coefficient (Wildman–Crippen LogP) is 1.96. The lowest BCUT2D eigenvalue weighted by molar-refractivity contribution is -0.357. The van der Waals surface area contributed by atoms with E-state index in [1.165, 1.54) is 6.92 Å². The van der Waals surface area contributed by atoms with Gasteiger partial charge in [-0.15, -0.1) is 0 Å². The molecule has 0 spiro atoms. The first kappa shape index (κ1) is 15.3. The number of rotatable bonds is 4. The summed E-state index contributed by atoms with van der Waals surface area (Å²) in [5, 5.41) is 9.69. The lowest BCUT2D eigenvalue weighted by Gasteiger charge is -2.42. The number of ether oxygens (including phenoxy) is 3. The standard InChI is InChI=1S/C14H18F2O4/c1-9-11(17)12(18-2)14(15,16)13(20-9)19-8-10-6-4-3-5-7-10/h3-7,9,11-13,17H,8H2,1-2H3/t9-,11-,12+,13+/m0/s1. The molecule has 1 saturated heterocycles. The maximum Gasteiger partial charge on any atom is 0.325 e. The van der Waals surface area contributed by atoms with Gasteiger partial charge in [0.2, 0.25) is 6.29 Å². The van der Waals surface area contributed by atoms with E-state index in [1.54, 1.807) is 24.3 Å². The van der Waals surface area contributed by atoms with Crippen LogP contribution in [0.1, 0.15) is 12.5 Å². The zero-order chi connectivity index (χ0) is 14.8. The Kier molecular flexibility index (Phi) is 4.70. The van der Waals surface area contributed by atoms with E-state index >= 15 is 0 Å². The van der Waals surface area contributed by atoms with E-state index in [4.69, 9.17) is 14.2 Å². The van der Waals surface area contributed by atoms with Crippen LogP contribution in [0.3, 0.4) is 0 Å². The summed E-state index contributed by atoms with van der Waals surface area (Å²) in [6.45, 7) is 1.51. The maximum atomic E-state index is 14.1. The fourth-order valence-corrected chi connectivity index (χ4v) is 2.17. The Balaban J connectivity index is 2.06. The van der Waals surface area contributed by atoms with Crippen molar-refractivity contribution in [1.82, 2.24) is 0 Å². The maximum absolute atomic E-state index is 14.1. The molecule has 1 fully saturated rings. The topological polar surface area (TPSA) is 47.9 Å². The molecule has 2 rings (SSSR count). The molecule has 0 radical (unpaired) electrons. The van der Waals surface area contributed by atoms with Gasteiger partial charge in [0.25, 0.3) is 0 Å². The largest absolute Gasteiger partial charge is 0.387 e. The second kappa shape index (κ2) is 6.13. The smallest absolute Gasteiger partial charge is 0.325 e. The number of methoxy groups -OCH3 is 1. The molecule has 112 valence electrons. The predicted molar refractivity (Wildman–Crippen MR) is 67.3 cm³/mol. The van der Waals surface area contributed by atoms with Gasteiger partial charge in [0.15, 0.2) is 6.10 Å². The Hall–Kier alpha value is -1.08. The van der Waals surface area contributed by atoms with Crippen molar-refractivity contribution in [3.63, 3.8) is 0 Å². The fourth-order valence-electron chi connectivity index (χ4n) is 2.17. The van der Waals surface area contributed by atoms with Gasteiger partial charge in [0.05, 0.1) is 12.7 Å². The van der Waals surface area contributed by atoms with Crippen molar-refractivity contribution in [2.45, 2.75) is 44.1 Å². The monoisotopic (exact) mass is 288 g/mol. The van der Waals surface area contributed by atoms with Crippen molar-refractivity contribution < 1.29 is 28.1 Å². The first-order chi connectivity index (χ1) is 9.46. The Morgan fingerprint density at radius 3 is 2.55 bits per heavy atom. The van der Waals surface area contributed by atoms with Gasteiger partial charge < -0.3 is 19.3 Å². The first-order valence-electron chi connectivity index (χ1n) is 6.36. The van der Waals surface area contributed by atoms with Crippen LogP contribution in [0.25, 0.3) is 0 Å². The second-order valence-corrected chi connectivity index (χ2v) is 4.79.